The summed E-state index contributed by atoms with van der Waals surface area (Å²) in [6.45, 7) is 2.08. The van der Waals surface area contributed by atoms with Crippen molar-refractivity contribution in [2.24, 2.45) is 0 Å². The first kappa shape index (κ1) is 17.0. The van der Waals surface area contributed by atoms with Crippen LogP contribution in [0, 0.1) is 17.5 Å². The van der Waals surface area contributed by atoms with Crippen LogP contribution in [0.4, 0.5) is 19.0 Å². The van der Waals surface area contributed by atoms with Crippen LogP contribution in [0.2, 0.25) is 0 Å². The molecule has 0 aliphatic carbocycles. The smallest absolute Gasteiger partial charge is 0.194 e. The number of nitrogens with zero attached hydrogens (tertiary/aromatic N) is 1. The Morgan fingerprint density at radius 2 is 1.76 bits per heavy atom. The van der Waals surface area contributed by atoms with Crippen molar-refractivity contribution in [2.75, 3.05) is 5.73 Å². The molecule has 0 radical (unpaired) electrons. The molecule has 0 fully saturated rings. The third-order valence-corrected chi connectivity index (χ3v) is 3.82. The summed E-state index contributed by atoms with van der Waals surface area (Å²) in [7, 11) is 0. The molecule has 0 aliphatic heterocycles. The van der Waals surface area contributed by atoms with E-state index in [0.717, 1.165) is 17.7 Å². The highest BCUT2D eigenvalue weighted by atomic mass is 19.2. The number of rotatable bonds is 5. The molecule has 3 aromatic rings. The summed E-state index contributed by atoms with van der Waals surface area (Å²) in [5, 5.41) is 6.65. The topological polar surface area (TPSA) is 63.9 Å². The number of hydrogen-bond acceptors (Lipinski definition) is 3. The Morgan fingerprint density at radius 3 is 2.40 bits per heavy atom. The van der Waals surface area contributed by atoms with Gasteiger partial charge < -0.3 is 10.5 Å². The first-order chi connectivity index (χ1) is 12.0. The lowest BCUT2D eigenvalue weighted by Crippen LogP contribution is -2.03. The molecule has 130 valence electrons. The second kappa shape index (κ2) is 6.98. The average molecular weight is 347 g/mol. The van der Waals surface area contributed by atoms with Crippen molar-refractivity contribution in [3.63, 3.8) is 0 Å². The highest BCUT2D eigenvalue weighted by molar-refractivity contribution is 5.76. The molecule has 1 heterocycles. The van der Waals surface area contributed by atoms with Gasteiger partial charge in [-0.25, -0.2) is 13.2 Å². The Labute approximate surface area is 142 Å². The second-order valence-electron chi connectivity index (χ2n) is 5.59. The van der Waals surface area contributed by atoms with Gasteiger partial charge in [-0.3, -0.25) is 5.10 Å². The Bertz CT molecular complexity index is 858. The second-order valence-corrected chi connectivity index (χ2v) is 5.59. The molecule has 0 aliphatic rings. The van der Waals surface area contributed by atoms with Crippen LogP contribution in [0.3, 0.4) is 0 Å². The maximum absolute atomic E-state index is 13.5. The number of benzene rings is 2. The van der Waals surface area contributed by atoms with E-state index in [1.807, 2.05) is 30.3 Å². The summed E-state index contributed by atoms with van der Waals surface area (Å²) in [6, 6.07) is 11.3. The van der Waals surface area contributed by atoms with E-state index in [0.29, 0.717) is 17.9 Å². The van der Waals surface area contributed by atoms with E-state index in [9.17, 15) is 13.2 Å². The van der Waals surface area contributed by atoms with Crippen LogP contribution in [0.25, 0.3) is 11.1 Å². The van der Waals surface area contributed by atoms with Crippen LogP contribution in [-0.2, 0) is 11.3 Å². The predicted octanol–water partition coefficient (Wildman–Crippen LogP) is 4.35. The van der Waals surface area contributed by atoms with Crippen LogP contribution in [0.15, 0.2) is 42.5 Å². The molecule has 0 amide bonds. The molecule has 7 heteroatoms. The average Bonchev–Trinajstić information content (AvgIpc) is 2.99. The number of anilines is 1. The molecule has 4 nitrogen and oxygen atoms in total. The fourth-order valence-corrected chi connectivity index (χ4v) is 2.54. The highest BCUT2D eigenvalue weighted by Crippen LogP contribution is 2.34. The van der Waals surface area contributed by atoms with E-state index in [1.54, 1.807) is 6.92 Å². The minimum atomic E-state index is -1.53. The molecule has 0 saturated heterocycles. The molecular formula is C18H16F3N3O. The summed E-state index contributed by atoms with van der Waals surface area (Å²) < 4.78 is 46.1. The lowest BCUT2D eigenvalue weighted by atomic mass is 10.0. The van der Waals surface area contributed by atoms with Crippen LogP contribution in [0.1, 0.15) is 24.3 Å². The molecule has 2 aromatic carbocycles. The number of hydrogen-bond donors (Lipinski definition) is 2. The zero-order valence-corrected chi connectivity index (χ0v) is 13.4. The fraction of sp³-hybridized carbons (Fsp3) is 0.167. The van der Waals surface area contributed by atoms with Gasteiger partial charge in [0.15, 0.2) is 17.5 Å². The van der Waals surface area contributed by atoms with Crippen molar-refractivity contribution in [2.45, 2.75) is 19.6 Å². The first-order valence-corrected chi connectivity index (χ1v) is 7.61. The Kier molecular flexibility index (Phi) is 4.76. The molecule has 1 unspecified atom stereocenters. The lowest BCUT2D eigenvalue weighted by molar-refractivity contribution is 0.0501. The third kappa shape index (κ3) is 3.51. The molecule has 0 bridgehead atoms. The van der Waals surface area contributed by atoms with Crippen LogP contribution in [-0.4, -0.2) is 10.2 Å². The van der Waals surface area contributed by atoms with Crippen molar-refractivity contribution in [1.29, 1.82) is 0 Å². The number of H-pyrrole nitrogens is 1. The van der Waals surface area contributed by atoms with Gasteiger partial charge in [-0.15, -0.1) is 0 Å². The number of nitrogen functional groups attached to an aromatic ring is 1. The van der Waals surface area contributed by atoms with Gasteiger partial charge >= 0.3 is 0 Å². The molecule has 1 atom stereocenters. The SMILES string of the molecule is CC(OCc1ccccc1)c1n[nH]c(N)c1-c1cc(F)c(F)c(F)c1. The van der Waals surface area contributed by atoms with Gasteiger partial charge in [-0.05, 0) is 30.2 Å². The summed E-state index contributed by atoms with van der Waals surface area (Å²) in [4.78, 5) is 0. The molecule has 3 N–H and O–H groups in total. The van der Waals surface area contributed by atoms with Crippen molar-refractivity contribution in [1.82, 2.24) is 10.2 Å². The summed E-state index contributed by atoms with van der Waals surface area (Å²) >= 11 is 0. The maximum Gasteiger partial charge on any atom is 0.194 e. The lowest BCUT2D eigenvalue weighted by Gasteiger charge is -2.13. The molecular weight excluding hydrogens is 331 g/mol. The van der Waals surface area contributed by atoms with Crippen molar-refractivity contribution in [3.8, 4) is 11.1 Å². The van der Waals surface area contributed by atoms with Gasteiger partial charge in [-0.2, -0.15) is 5.10 Å². The quantitative estimate of drug-likeness (QED) is 0.674. The number of nitrogens with two attached hydrogens (primary N) is 1. The van der Waals surface area contributed by atoms with E-state index >= 15 is 0 Å². The molecule has 0 spiro atoms. The normalized spacial score (nSPS) is 12.3. The highest BCUT2D eigenvalue weighted by Gasteiger charge is 2.22. The zero-order chi connectivity index (χ0) is 18.0. The number of halogens is 3. The van der Waals surface area contributed by atoms with Gasteiger partial charge in [0.25, 0.3) is 0 Å². The third-order valence-electron chi connectivity index (χ3n) is 3.82. The Balaban J connectivity index is 1.89. The van der Waals surface area contributed by atoms with E-state index in [1.165, 1.54) is 0 Å². The maximum atomic E-state index is 13.5. The fourth-order valence-electron chi connectivity index (χ4n) is 2.54. The van der Waals surface area contributed by atoms with Crippen molar-refractivity contribution < 1.29 is 17.9 Å². The molecule has 25 heavy (non-hydrogen) atoms. The largest absolute Gasteiger partial charge is 0.384 e. The monoisotopic (exact) mass is 347 g/mol. The zero-order valence-electron chi connectivity index (χ0n) is 13.4. The van der Waals surface area contributed by atoms with Gasteiger partial charge in [0.05, 0.1) is 12.7 Å². The van der Waals surface area contributed by atoms with Crippen molar-refractivity contribution in [3.05, 3.63) is 71.2 Å². The van der Waals surface area contributed by atoms with Gasteiger partial charge in [0.2, 0.25) is 0 Å². The van der Waals surface area contributed by atoms with Gasteiger partial charge in [0.1, 0.15) is 11.5 Å². The molecule has 0 saturated carbocycles. The van der Waals surface area contributed by atoms with Crippen LogP contribution in [0.5, 0.6) is 0 Å². The standard InChI is InChI=1S/C18H16F3N3O/c1-10(25-9-11-5-3-2-4-6-11)17-15(18(22)24-23-17)12-7-13(19)16(21)14(20)8-12/h2-8,10H,9H2,1H3,(H3,22,23,24). The van der Waals surface area contributed by atoms with Crippen LogP contribution < -0.4 is 5.73 Å². The number of aromatic amines is 1. The number of ether oxygens (including phenoxy) is 1. The van der Waals surface area contributed by atoms with Crippen LogP contribution >= 0.6 is 0 Å². The number of nitrogens with one attached hydrogen (secondary N) is 1. The van der Waals surface area contributed by atoms with Gasteiger partial charge in [-0.1, -0.05) is 30.3 Å². The minimum Gasteiger partial charge on any atom is -0.384 e. The summed E-state index contributed by atoms with van der Waals surface area (Å²) in [5.74, 6) is -3.99. The van der Waals surface area contributed by atoms with Crippen molar-refractivity contribution >= 4 is 5.82 Å². The number of aromatic nitrogens is 2. The Hall–Kier alpha value is -2.80. The summed E-state index contributed by atoms with van der Waals surface area (Å²) in [5.41, 5.74) is 7.58. The minimum absolute atomic E-state index is 0.0906. The van der Waals surface area contributed by atoms with E-state index in [-0.39, 0.29) is 11.4 Å². The van der Waals surface area contributed by atoms with E-state index in [2.05, 4.69) is 10.2 Å². The molecule has 3 rings (SSSR count). The van der Waals surface area contributed by atoms with E-state index in [4.69, 9.17) is 10.5 Å². The molecule has 1 aromatic heterocycles. The predicted molar refractivity (Wildman–Crippen MR) is 88.0 cm³/mol. The van der Waals surface area contributed by atoms with Gasteiger partial charge in [0, 0.05) is 5.56 Å². The Morgan fingerprint density at radius 1 is 1.12 bits per heavy atom. The van der Waals surface area contributed by atoms with E-state index < -0.39 is 23.6 Å². The first-order valence-electron chi connectivity index (χ1n) is 7.61. The summed E-state index contributed by atoms with van der Waals surface area (Å²) in [6.07, 6.45) is -0.500.